The van der Waals surface area contributed by atoms with E-state index in [2.05, 4.69) is 0 Å². The molecule has 1 heterocycles. The number of carbonyl (C=O) groups is 3. The van der Waals surface area contributed by atoms with E-state index in [1.165, 1.54) is 37.0 Å². The number of cyclic esters (lactones) is 1. The number of amides is 2. The molecule has 3 rings (SSSR count). The molecule has 32 heavy (non-hydrogen) atoms. The molecule has 2 unspecified atom stereocenters. The maximum atomic E-state index is 13.5. The Morgan fingerprint density at radius 2 is 1.81 bits per heavy atom. The van der Waals surface area contributed by atoms with E-state index in [0.29, 0.717) is 18.8 Å². The molecule has 2 aliphatic rings. The maximum absolute atomic E-state index is 13.5. The highest BCUT2D eigenvalue weighted by Gasteiger charge is 2.41. The van der Waals surface area contributed by atoms with Crippen molar-refractivity contribution < 1.29 is 23.9 Å². The van der Waals surface area contributed by atoms with Crippen LogP contribution in [0.4, 0.5) is 4.79 Å². The van der Waals surface area contributed by atoms with Crippen molar-refractivity contribution in [3.05, 3.63) is 35.9 Å². The van der Waals surface area contributed by atoms with Gasteiger partial charge in [-0.25, -0.2) is 9.69 Å². The molecule has 2 amide bonds. The van der Waals surface area contributed by atoms with Crippen LogP contribution in [0.15, 0.2) is 30.3 Å². The van der Waals surface area contributed by atoms with E-state index in [9.17, 15) is 14.4 Å². The Kier molecular flexibility index (Phi) is 8.32. The second-order valence-electron chi connectivity index (χ2n) is 10.2. The minimum atomic E-state index is -0.615. The number of rotatable bonds is 8. The van der Waals surface area contributed by atoms with Gasteiger partial charge in [-0.1, -0.05) is 62.4 Å². The van der Waals surface area contributed by atoms with Gasteiger partial charge in [0.1, 0.15) is 12.2 Å². The first kappa shape index (κ1) is 24.3. The number of imide groups is 1. The maximum Gasteiger partial charge on any atom is 0.416 e. The molecule has 6 nitrogen and oxygen atoms in total. The molecule has 176 valence electrons. The van der Waals surface area contributed by atoms with Gasteiger partial charge in [0.05, 0.1) is 12.5 Å². The first-order chi connectivity index (χ1) is 15.2. The van der Waals surface area contributed by atoms with Crippen molar-refractivity contribution in [2.75, 3.05) is 6.61 Å². The lowest BCUT2D eigenvalue weighted by Crippen LogP contribution is -2.44. The molecular weight excluding hydrogens is 406 g/mol. The van der Waals surface area contributed by atoms with E-state index in [1.807, 2.05) is 51.1 Å². The molecule has 2 atom stereocenters. The molecule has 0 spiro atoms. The summed E-state index contributed by atoms with van der Waals surface area (Å²) in [7, 11) is 0. The highest BCUT2D eigenvalue weighted by atomic mass is 16.6. The molecule has 0 radical (unpaired) electrons. The third kappa shape index (κ3) is 7.07. The first-order valence-corrected chi connectivity index (χ1v) is 12.0. The Hall–Kier alpha value is -2.37. The molecule has 6 heteroatoms. The van der Waals surface area contributed by atoms with Gasteiger partial charge in [-0.2, -0.15) is 0 Å². The molecule has 0 N–H and O–H groups in total. The molecule has 0 aromatic heterocycles. The molecule has 1 aromatic rings. The third-order valence-electron chi connectivity index (χ3n) is 6.34. The average molecular weight is 444 g/mol. The van der Waals surface area contributed by atoms with Crippen molar-refractivity contribution in [1.82, 2.24) is 4.90 Å². The number of hydrogen-bond donors (Lipinski definition) is 0. The lowest BCUT2D eigenvalue weighted by molar-refractivity contribution is -0.158. The summed E-state index contributed by atoms with van der Waals surface area (Å²) in [6.45, 7) is 5.63. The van der Waals surface area contributed by atoms with E-state index < -0.39 is 23.6 Å². The van der Waals surface area contributed by atoms with Crippen LogP contribution < -0.4 is 0 Å². The second kappa shape index (κ2) is 11.0. The van der Waals surface area contributed by atoms with Crippen LogP contribution in [0.3, 0.4) is 0 Å². The van der Waals surface area contributed by atoms with E-state index in [-0.39, 0.29) is 25.0 Å². The molecule has 1 aliphatic heterocycles. The summed E-state index contributed by atoms with van der Waals surface area (Å²) in [5, 5.41) is 0. The van der Waals surface area contributed by atoms with Gasteiger partial charge < -0.3 is 9.47 Å². The monoisotopic (exact) mass is 443 g/mol. The van der Waals surface area contributed by atoms with Crippen molar-refractivity contribution in [2.24, 2.45) is 11.8 Å². The van der Waals surface area contributed by atoms with Crippen LogP contribution in [0.5, 0.6) is 0 Å². The Labute approximate surface area is 191 Å². The highest BCUT2D eigenvalue weighted by molar-refractivity contribution is 5.96. The average Bonchev–Trinajstić information content (AvgIpc) is 3.10. The van der Waals surface area contributed by atoms with Gasteiger partial charge in [0, 0.05) is 5.92 Å². The van der Waals surface area contributed by atoms with Crippen LogP contribution in [-0.2, 0) is 25.5 Å². The predicted molar refractivity (Wildman–Crippen MR) is 122 cm³/mol. The fraction of sp³-hybridized carbons (Fsp3) is 0.654. The number of nitrogens with zero attached hydrogens (tertiary/aromatic N) is 1. The van der Waals surface area contributed by atoms with Crippen LogP contribution in [0.25, 0.3) is 0 Å². The lowest BCUT2D eigenvalue weighted by Gasteiger charge is -2.28. The Morgan fingerprint density at radius 3 is 2.47 bits per heavy atom. The summed E-state index contributed by atoms with van der Waals surface area (Å²) in [6, 6.07) is 9.42. The summed E-state index contributed by atoms with van der Waals surface area (Å²) in [5.74, 6) is -0.694. The molecule has 2 fully saturated rings. The predicted octanol–water partition coefficient (Wildman–Crippen LogP) is 5.29. The first-order valence-electron chi connectivity index (χ1n) is 12.0. The fourth-order valence-corrected chi connectivity index (χ4v) is 4.77. The molecule has 1 saturated heterocycles. The third-order valence-corrected chi connectivity index (χ3v) is 6.34. The zero-order valence-corrected chi connectivity index (χ0v) is 19.7. The zero-order chi connectivity index (χ0) is 23.1. The summed E-state index contributed by atoms with van der Waals surface area (Å²) < 4.78 is 10.7. The Morgan fingerprint density at radius 1 is 1.12 bits per heavy atom. The molecule has 1 aliphatic carbocycles. The smallest absolute Gasteiger partial charge is 0.416 e. The van der Waals surface area contributed by atoms with E-state index >= 15 is 0 Å². The zero-order valence-electron chi connectivity index (χ0n) is 19.7. The number of benzene rings is 1. The van der Waals surface area contributed by atoms with Crippen LogP contribution in [0, 0.1) is 11.8 Å². The van der Waals surface area contributed by atoms with Crippen LogP contribution >= 0.6 is 0 Å². The highest BCUT2D eigenvalue weighted by Crippen LogP contribution is 2.31. The number of hydrogen-bond acceptors (Lipinski definition) is 5. The Bertz CT molecular complexity index is 779. The van der Waals surface area contributed by atoms with Crippen molar-refractivity contribution in [3.63, 3.8) is 0 Å². The fourth-order valence-electron chi connectivity index (χ4n) is 4.77. The van der Waals surface area contributed by atoms with Crippen molar-refractivity contribution in [1.29, 1.82) is 0 Å². The lowest BCUT2D eigenvalue weighted by atomic mass is 9.83. The van der Waals surface area contributed by atoms with Crippen LogP contribution in [0.1, 0.15) is 77.7 Å². The molecule has 1 saturated carbocycles. The van der Waals surface area contributed by atoms with Gasteiger partial charge in [-0.15, -0.1) is 0 Å². The minimum Gasteiger partial charge on any atom is -0.460 e. The normalized spacial score (nSPS) is 20.7. The quantitative estimate of drug-likeness (QED) is 0.511. The number of carbonyl (C=O) groups excluding carboxylic acids is 3. The summed E-state index contributed by atoms with van der Waals surface area (Å²) in [6.07, 6.45) is 7.49. The van der Waals surface area contributed by atoms with E-state index in [4.69, 9.17) is 9.47 Å². The standard InChI is InChI=1S/C26H37NO5/c1-26(2,3)32-23(28)17-21(15-14-19-10-6-4-7-11-19)24(29)27-22(18-31-25(27)30)16-20-12-8-5-9-13-20/h5,8-9,12-13,19,21-22H,4,6-7,10-11,14-18H2,1-3H3. The summed E-state index contributed by atoms with van der Waals surface area (Å²) in [5.41, 5.74) is 0.427. The number of ether oxygens (including phenoxy) is 2. The van der Waals surface area contributed by atoms with Gasteiger partial charge in [0.2, 0.25) is 5.91 Å². The minimum absolute atomic E-state index is 0.00927. The molecule has 1 aromatic carbocycles. The van der Waals surface area contributed by atoms with Crippen LogP contribution in [0.2, 0.25) is 0 Å². The van der Waals surface area contributed by atoms with Gasteiger partial charge >= 0.3 is 12.1 Å². The topological polar surface area (TPSA) is 72.9 Å². The Balaban J connectivity index is 1.71. The summed E-state index contributed by atoms with van der Waals surface area (Å²) in [4.78, 5) is 39.9. The van der Waals surface area contributed by atoms with Crippen molar-refractivity contribution in [3.8, 4) is 0 Å². The van der Waals surface area contributed by atoms with Gasteiger partial charge in [-0.3, -0.25) is 9.59 Å². The van der Waals surface area contributed by atoms with Gasteiger partial charge in [-0.05, 0) is 51.5 Å². The molecular formula is C26H37NO5. The van der Waals surface area contributed by atoms with Crippen molar-refractivity contribution in [2.45, 2.75) is 90.2 Å². The van der Waals surface area contributed by atoms with E-state index in [0.717, 1.165) is 12.0 Å². The SMILES string of the molecule is CC(C)(C)OC(=O)CC(CCC1CCCCC1)C(=O)N1C(=O)OCC1Cc1ccccc1. The van der Waals surface area contributed by atoms with E-state index in [1.54, 1.807) is 0 Å². The summed E-state index contributed by atoms with van der Waals surface area (Å²) >= 11 is 0. The molecule has 0 bridgehead atoms. The number of esters is 1. The van der Waals surface area contributed by atoms with Crippen LogP contribution in [-0.4, -0.2) is 41.1 Å². The van der Waals surface area contributed by atoms with Gasteiger partial charge in [0.15, 0.2) is 0 Å². The van der Waals surface area contributed by atoms with Gasteiger partial charge in [0.25, 0.3) is 0 Å². The second-order valence-corrected chi connectivity index (χ2v) is 10.2. The largest absolute Gasteiger partial charge is 0.460 e. The van der Waals surface area contributed by atoms with Crippen molar-refractivity contribution >= 4 is 18.0 Å².